The fourth-order valence-corrected chi connectivity index (χ4v) is 3.54. The second kappa shape index (κ2) is 7.53. The van der Waals surface area contributed by atoms with Crippen LogP contribution in [0.5, 0.6) is 0 Å². The highest BCUT2D eigenvalue weighted by Gasteiger charge is 2.33. The van der Waals surface area contributed by atoms with Gasteiger partial charge in [-0.25, -0.2) is 0 Å². The van der Waals surface area contributed by atoms with Gasteiger partial charge in [0.25, 0.3) is 0 Å². The summed E-state index contributed by atoms with van der Waals surface area (Å²) in [5.74, 6) is 0.540. The summed E-state index contributed by atoms with van der Waals surface area (Å²) in [4.78, 5) is 17.4. The van der Waals surface area contributed by atoms with E-state index in [0.717, 1.165) is 19.4 Å². The number of piperazine rings is 1. The zero-order valence-corrected chi connectivity index (χ0v) is 15.3. The van der Waals surface area contributed by atoms with Gasteiger partial charge < -0.3 is 20.0 Å². The van der Waals surface area contributed by atoms with E-state index in [1.165, 1.54) is 37.4 Å². The second-order valence-corrected chi connectivity index (χ2v) is 7.67. The average Bonchev–Trinajstić information content (AvgIpc) is 3.42. The van der Waals surface area contributed by atoms with Crippen molar-refractivity contribution in [1.82, 2.24) is 5.32 Å². The van der Waals surface area contributed by atoms with E-state index < -0.39 is 0 Å². The van der Waals surface area contributed by atoms with E-state index in [9.17, 15) is 4.79 Å². The summed E-state index contributed by atoms with van der Waals surface area (Å²) >= 11 is 0. The zero-order chi connectivity index (χ0) is 17.1. The van der Waals surface area contributed by atoms with Gasteiger partial charge in [-0.1, -0.05) is 12.1 Å². The highest BCUT2D eigenvalue weighted by Crippen LogP contribution is 2.28. The molecule has 132 valence electrons. The molecule has 1 atom stereocenters. The number of hydrogen-bond donors (Lipinski definition) is 3. The maximum absolute atomic E-state index is 12.1. The molecule has 1 heterocycles. The van der Waals surface area contributed by atoms with Gasteiger partial charge in [0.1, 0.15) is 32.2 Å². The van der Waals surface area contributed by atoms with Crippen LogP contribution in [0.1, 0.15) is 24.4 Å². The summed E-state index contributed by atoms with van der Waals surface area (Å²) in [6.07, 6.45) is 2.14. The number of amides is 1. The smallest absolute Gasteiger partial charge is 0.223 e. The molecule has 0 unspecified atom stereocenters. The van der Waals surface area contributed by atoms with Gasteiger partial charge in [-0.15, -0.1) is 0 Å². The van der Waals surface area contributed by atoms with Crippen molar-refractivity contribution in [2.75, 3.05) is 58.8 Å². The molecule has 0 spiro atoms. The van der Waals surface area contributed by atoms with E-state index in [1.807, 2.05) is 0 Å². The number of anilines is 1. The van der Waals surface area contributed by atoms with Crippen LogP contribution in [0, 0.1) is 5.92 Å². The van der Waals surface area contributed by atoms with E-state index in [1.54, 1.807) is 9.80 Å². The predicted octanol–water partition coefficient (Wildman–Crippen LogP) is -1.27. The molecule has 1 amide bonds. The third-order valence-electron chi connectivity index (χ3n) is 5.48. The quantitative estimate of drug-likeness (QED) is 0.608. The van der Waals surface area contributed by atoms with Crippen molar-refractivity contribution in [1.29, 1.82) is 0 Å². The Morgan fingerprint density at radius 1 is 1.17 bits per heavy atom. The largest absolute Gasteiger partial charge is 0.378 e. The Hall–Kier alpha value is -1.59. The van der Waals surface area contributed by atoms with Crippen molar-refractivity contribution in [2.45, 2.75) is 18.9 Å². The lowest BCUT2D eigenvalue weighted by molar-refractivity contribution is -1.02. The van der Waals surface area contributed by atoms with E-state index in [0.29, 0.717) is 6.04 Å². The van der Waals surface area contributed by atoms with Crippen LogP contribution in [0.2, 0.25) is 0 Å². The number of hydrogen-bond acceptors (Lipinski definition) is 2. The van der Waals surface area contributed by atoms with E-state index in [-0.39, 0.29) is 11.8 Å². The van der Waals surface area contributed by atoms with Gasteiger partial charge in [0.05, 0.1) is 13.6 Å². The normalized spacial score (nSPS) is 25.1. The second-order valence-electron chi connectivity index (χ2n) is 7.67. The van der Waals surface area contributed by atoms with Gasteiger partial charge >= 0.3 is 0 Å². The van der Waals surface area contributed by atoms with Gasteiger partial charge in [0.2, 0.25) is 5.91 Å². The Morgan fingerprint density at radius 2 is 1.79 bits per heavy atom. The van der Waals surface area contributed by atoms with Crippen LogP contribution in [0.15, 0.2) is 24.3 Å². The van der Waals surface area contributed by atoms with Gasteiger partial charge in [-0.05, 0) is 25.0 Å². The number of quaternary nitrogens is 2. The van der Waals surface area contributed by atoms with Crippen LogP contribution in [0.3, 0.4) is 0 Å². The molecule has 1 saturated heterocycles. The lowest BCUT2D eigenvalue weighted by Crippen LogP contribution is -3.27. The molecule has 1 aliphatic carbocycles. The maximum atomic E-state index is 12.1. The molecule has 5 heteroatoms. The fourth-order valence-electron chi connectivity index (χ4n) is 3.54. The van der Waals surface area contributed by atoms with Gasteiger partial charge in [-0.3, -0.25) is 4.79 Å². The number of carbonyl (C=O) groups excluding carboxylic acids is 1. The third-order valence-corrected chi connectivity index (χ3v) is 5.48. The third kappa shape index (κ3) is 4.28. The Balaban J connectivity index is 1.71. The Labute approximate surface area is 145 Å². The molecule has 24 heavy (non-hydrogen) atoms. The number of nitrogens with zero attached hydrogens (tertiary/aromatic N) is 1. The molecule has 1 aromatic rings. The number of benzene rings is 1. The molecule has 3 rings (SSSR count). The maximum Gasteiger partial charge on any atom is 0.223 e. The minimum atomic E-state index is 0.254. The van der Waals surface area contributed by atoms with Crippen LogP contribution in [0.4, 0.5) is 5.69 Å². The molecule has 1 aliphatic heterocycles. The Kier molecular flexibility index (Phi) is 5.41. The molecule has 2 fully saturated rings. The molecule has 3 N–H and O–H groups in total. The predicted molar refractivity (Wildman–Crippen MR) is 96.6 cm³/mol. The molecule has 0 aromatic heterocycles. The Morgan fingerprint density at radius 3 is 2.33 bits per heavy atom. The molecule has 0 radical (unpaired) electrons. The summed E-state index contributed by atoms with van der Waals surface area (Å²) in [7, 11) is 6.40. The van der Waals surface area contributed by atoms with E-state index in [2.05, 4.69) is 55.6 Å². The summed E-state index contributed by atoms with van der Waals surface area (Å²) in [5, 5.41) is 3.21. The number of rotatable bonds is 6. The topological polar surface area (TPSA) is 41.2 Å². The lowest BCUT2D eigenvalue weighted by Gasteiger charge is -2.33. The highest BCUT2D eigenvalue weighted by atomic mass is 16.2. The molecule has 1 saturated carbocycles. The van der Waals surface area contributed by atoms with Crippen LogP contribution in [0.25, 0.3) is 0 Å². The standard InChI is InChI=1S/C19H30N4O/c1-21(2)17-8-6-15(7-9-17)18(14-20-19(24)16-4-5-16)23-12-10-22(3)11-13-23/h6-9,16,18H,4-5,10-14H2,1-3H3,(H,20,24)/p+2/t18-/m0/s1. The SMILES string of the molecule is CN(C)c1ccc([C@H](CNC(=O)C2CC2)[NH+]2CC[NH+](C)CC2)cc1. The van der Waals surface area contributed by atoms with Crippen LogP contribution in [-0.2, 0) is 4.79 Å². The van der Waals surface area contributed by atoms with Crippen molar-refractivity contribution >= 4 is 11.6 Å². The molecule has 5 nitrogen and oxygen atoms in total. The van der Waals surface area contributed by atoms with Crippen LogP contribution < -0.4 is 20.0 Å². The summed E-state index contributed by atoms with van der Waals surface area (Å²) in [5.41, 5.74) is 2.56. The highest BCUT2D eigenvalue weighted by molar-refractivity contribution is 5.80. The van der Waals surface area contributed by atoms with Crippen LogP contribution in [-0.4, -0.2) is 59.8 Å². The van der Waals surface area contributed by atoms with Crippen molar-refractivity contribution in [3.8, 4) is 0 Å². The first-order chi connectivity index (χ1) is 11.5. The summed E-state index contributed by atoms with van der Waals surface area (Å²) < 4.78 is 0. The van der Waals surface area contributed by atoms with Crippen molar-refractivity contribution in [3.63, 3.8) is 0 Å². The van der Waals surface area contributed by atoms with Gasteiger partial charge in [0, 0.05) is 31.3 Å². The van der Waals surface area contributed by atoms with Gasteiger partial charge in [-0.2, -0.15) is 0 Å². The minimum Gasteiger partial charge on any atom is -0.378 e. The van der Waals surface area contributed by atoms with E-state index in [4.69, 9.17) is 0 Å². The molecule has 1 aromatic carbocycles. The first-order valence-corrected chi connectivity index (χ1v) is 9.25. The first kappa shape index (κ1) is 17.2. The fraction of sp³-hybridized carbons (Fsp3) is 0.632. The van der Waals surface area contributed by atoms with Crippen molar-refractivity contribution in [3.05, 3.63) is 29.8 Å². The van der Waals surface area contributed by atoms with Crippen LogP contribution >= 0.6 is 0 Å². The van der Waals surface area contributed by atoms with Gasteiger partial charge in [0.15, 0.2) is 0 Å². The van der Waals surface area contributed by atoms with E-state index >= 15 is 0 Å². The molecular weight excluding hydrogens is 300 g/mol. The minimum absolute atomic E-state index is 0.254. The summed E-state index contributed by atoms with van der Waals surface area (Å²) in [6, 6.07) is 9.21. The van der Waals surface area contributed by atoms with Crippen molar-refractivity contribution in [2.24, 2.45) is 5.92 Å². The number of nitrogens with one attached hydrogen (secondary N) is 3. The Bertz CT molecular complexity index is 545. The lowest BCUT2D eigenvalue weighted by atomic mass is 10.0. The number of carbonyl (C=O) groups is 1. The molecular formula is C19H32N4O+2. The zero-order valence-electron chi connectivity index (χ0n) is 15.3. The van der Waals surface area contributed by atoms with Crippen molar-refractivity contribution < 1.29 is 14.6 Å². The summed E-state index contributed by atoms with van der Waals surface area (Å²) in [6.45, 7) is 5.51. The molecule has 0 bridgehead atoms. The number of likely N-dealkylation sites (N-methyl/N-ethyl adjacent to an activating group) is 1. The monoisotopic (exact) mass is 332 g/mol. The average molecular weight is 332 g/mol. The molecule has 2 aliphatic rings. The first-order valence-electron chi connectivity index (χ1n) is 9.25.